The Hall–Kier alpha value is -3.85. The lowest BCUT2D eigenvalue weighted by atomic mass is 9.98. The average Bonchev–Trinajstić information content (AvgIpc) is 2.70. The van der Waals surface area contributed by atoms with Crippen LogP contribution < -0.4 is 10.9 Å². The summed E-state index contributed by atoms with van der Waals surface area (Å²) in [6.07, 6.45) is -5.84. The van der Waals surface area contributed by atoms with Crippen molar-refractivity contribution in [1.29, 1.82) is 0 Å². The van der Waals surface area contributed by atoms with Gasteiger partial charge in [0.25, 0.3) is 5.69 Å². The zero-order chi connectivity index (χ0) is 24.9. The SMILES string of the molecule is CC(=O)O[C@@H]1[C@@H](OC(C)=O)[C@H](C)O[C@@H](NNc2ccc([N+](=O)[O-])cc2[N+](=O)[O-])[C@@H]1OC(C)=O. The van der Waals surface area contributed by atoms with Gasteiger partial charge in [0.1, 0.15) is 5.69 Å². The molecule has 0 amide bonds. The van der Waals surface area contributed by atoms with Crippen LogP contribution in [0.4, 0.5) is 17.1 Å². The summed E-state index contributed by atoms with van der Waals surface area (Å²) in [5.41, 5.74) is 3.83. The number of carbonyl (C=O) groups is 3. The Labute approximate surface area is 186 Å². The molecule has 180 valence electrons. The van der Waals surface area contributed by atoms with Crippen LogP contribution in [0.1, 0.15) is 27.7 Å². The maximum absolute atomic E-state index is 11.7. The summed E-state index contributed by atoms with van der Waals surface area (Å²) in [6, 6.07) is 2.90. The number of nitrogens with one attached hydrogen (secondary N) is 2. The molecule has 15 nitrogen and oxygen atoms in total. The summed E-state index contributed by atoms with van der Waals surface area (Å²) in [6.45, 7) is 4.85. The van der Waals surface area contributed by atoms with E-state index < -0.39 is 69.8 Å². The first-order valence-corrected chi connectivity index (χ1v) is 9.52. The first-order chi connectivity index (χ1) is 15.4. The van der Waals surface area contributed by atoms with Crippen LogP contribution in [0.5, 0.6) is 0 Å². The predicted octanol–water partition coefficient (Wildman–Crippen LogP) is 0.959. The zero-order valence-electron chi connectivity index (χ0n) is 18.0. The number of esters is 3. The number of carbonyl (C=O) groups excluding carboxylic acids is 3. The second-order valence-corrected chi connectivity index (χ2v) is 6.97. The third kappa shape index (κ3) is 6.56. The molecule has 2 rings (SSSR count). The van der Waals surface area contributed by atoms with Crippen LogP contribution >= 0.6 is 0 Å². The van der Waals surface area contributed by atoms with Crippen molar-refractivity contribution in [3.63, 3.8) is 0 Å². The lowest BCUT2D eigenvalue weighted by Crippen LogP contribution is -2.64. The van der Waals surface area contributed by atoms with Crippen LogP contribution in [0.3, 0.4) is 0 Å². The second kappa shape index (κ2) is 10.6. The summed E-state index contributed by atoms with van der Waals surface area (Å²) in [5.74, 6) is -2.22. The molecule has 0 bridgehead atoms. The second-order valence-electron chi connectivity index (χ2n) is 6.97. The lowest BCUT2D eigenvalue weighted by Gasteiger charge is -2.43. The fourth-order valence-electron chi connectivity index (χ4n) is 3.17. The molecule has 0 saturated carbocycles. The zero-order valence-corrected chi connectivity index (χ0v) is 18.0. The molecule has 1 aromatic carbocycles. The Kier molecular flexibility index (Phi) is 8.20. The van der Waals surface area contributed by atoms with Gasteiger partial charge in [-0.1, -0.05) is 0 Å². The van der Waals surface area contributed by atoms with Gasteiger partial charge in [0.15, 0.2) is 24.5 Å². The number of non-ortho nitro benzene ring substituents is 1. The Balaban J connectivity index is 2.35. The standard InChI is InChI=1S/C18H22N4O11/c1-8-15(31-9(2)23)16(32-10(3)24)17(33-11(4)25)18(30-8)20-19-13-6-5-12(21(26)27)7-14(13)22(28)29/h5-8,15-20H,1-4H3/t8-,15-,16+,17+,18+/m0/s1. The number of hydrogen-bond donors (Lipinski definition) is 2. The predicted molar refractivity (Wildman–Crippen MR) is 108 cm³/mol. The van der Waals surface area contributed by atoms with Crippen LogP contribution in [-0.4, -0.2) is 58.4 Å². The number of rotatable bonds is 8. The molecule has 0 aliphatic carbocycles. The maximum Gasteiger partial charge on any atom is 0.303 e. The molecule has 1 heterocycles. The Bertz CT molecular complexity index is 953. The fourth-order valence-corrected chi connectivity index (χ4v) is 3.17. The molecule has 1 aliphatic heterocycles. The van der Waals surface area contributed by atoms with Gasteiger partial charge in [0.2, 0.25) is 0 Å². The van der Waals surface area contributed by atoms with Crippen LogP contribution in [0.15, 0.2) is 18.2 Å². The van der Waals surface area contributed by atoms with E-state index in [1.807, 2.05) is 0 Å². The van der Waals surface area contributed by atoms with Crippen molar-refractivity contribution in [1.82, 2.24) is 5.43 Å². The molecule has 33 heavy (non-hydrogen) atoms. The number of nitro benzene ring substituents is 2. The smallest absolute Gasteiger partial charge is 0.303 e. The van der Waals surface area contributed by atoms with E-state index in [2.05, 4.69) is 10.9 Å². The van der Waals surface area contributed by atoms with Crippen molar-refractivity contribution < 1.29 is 43.2 Å². The third-order valence-electron chi connectivity index (χ3n) is 4.41. The minimum atomic E-state index is -1.34. The monoisotopic (exact) mass is 470 g/mol. The quantitative estimate of drug-likeness (QED) is 0.236. The molecule has 5 atom stereocenters. The minimum absolute atomic E-state index is 0.158. The highest BCUT2D eigenvalue weighted by Gasteiger charge is 2.50. The number of nitro groups is 2. The van der Waals surface area contributed by atoms with E-state index in [1.165, 1.54) is 6.92 Å². The van der Waals surface area contributed by atoms with E-state index in [1.54, 1.807) is 0 Å². The summed E-state index contributed by atoms with van der Waals surface area (Å²) >= 11 is 0. The van der Waals surface area contributed by atoms with Crippen molar-refractivity contribution in [2.45, 2.75) is 58.3 Å². The molecular weight excluding hydrogens is 448 g/mol. The van der Waals surface area contributed by atoms with Gasteiger partial charge in [-0.15, -0.1) is 0 Å². The van der Waals surface area contributed by atoms with E-state index in [9.17, 15) is 34.6 Å². The van der Waals surface area contributed by atoms with Crippen LogP contribution in [0.2, 0.25) is 0 Å². The molecule has 0 radical (unpaired) electrons. The summed E-state index contributed by atoms with van der Waals surface area (Å²) in [4.78, 5) is 55.5. The maximum atomic E-state index is 11.7. The number of hydrazine groups is 1. The highest BCUT2D eigenvalue weighted by atomic mass is 16.7. The third-order valence-corrected chi connectivity index (χ3v) is 4.41. The number of nitrogens with zero attached hydrogens (tertiary/aromatic N) is 2. The molecule has 1 aliphatic rings. The Morgan fingerprint density at radius 2 is 1.45 bits per heavy atom. The molecular formula is C18H22N4O11. The molecule has 1 aromatic rings. The number of hydrogen-bond acceptors (Lipinski definition) is 13. The Morgan fingerprint density at radius 1 is 0.909 bits per heavy atom. The highest BCUT2D eigenvalue weighted by molar-refractivity contribution is 5.68. The van der Waals surface area contributed by atoms with Gasteiger partial charge in [-0.05, 0) is 13.0 Å². The summed E-state index contributed by atoms with van der Waals surface area (Å²) in [5, 5.41) is 22.2. The van der Waals surface area contributed by atoms with Crippen molar-refractivity contribution >= 4 is 35.0 Å². The van der Waals surface area contributed by atoms with Crippen LogP contribution in [0.25, 0.3) is 0 Å². The van der Waals surface area contributed by atoms with Crippen molar-refractivity contribution in [2.75, 3.05) is 5.43 Å². The van der Waals surface area contributed by atoms with E-state index in [0.717, 1.165) is 39.0 Å². The fraction of sp³-hybridized carbons (Fsp3) is 0.500. The molecule has 0 unspecified atom stereocenters. The van der Waals surface area contributed by atoms with Crippen molar-refractivity contribution in [3.05, 3.63) is 38.4 Å². The molecule has 2 N–H and O–H groups in total. The number of benzene rings is 1. The van der Waals surface area contributed by atoms with Gasteiger partial charge in [-0.3, -0.25) is 34.6 Å². The van der Waals surface area contributed by atoms with Crippen LogP contribution in [0, 0.1) is 20.2 Å². The van der Waals surface area contributed by atoms with Gasteiger partial charge in [0.05, 0.1) is 22.0 Å². The van der Waals surface area contributed by atoms with Gasteiger partial charge in [0, 0.05) is 26.8 Å². The average molecular weight is 470 g/mol. The number of anilines is 1. The largest absolute Gasteiger partial charge is 0.456 e. The van der Waals surface area contributed by atoms with Gasteiger partial charge in [-0.2, -0.15) is 0 Å². The Morgan fingerprint density at radius 3 is 1.97 bits per heavy atom. The highest BCUT2D eigenvalue weighted by Crippen LogP contribution is 2.30. The molecule has 1 saturated heterocycles. The number of ether oxygens (including phenoxy) is 4. The minimum Gasteiger partial charge on any atom is -0.456 e. The lowest BCUT2D eigenvalue weighted by molar-refractivity contribution is -0.393. The van der Waals surface area contributed by atoms with E-state index in [0.29, 0.717) is 0 Å². The molecule has 15 heteroatoms. The first-order valence-electron chi connectivity index (χ1n) is 9.52. The molecule has 0 aromatic heterocycles. The normalized spacial score (nSPS) is 24.3. The topological polar surface area (TPSA) is 198 Å². The van der Waals surface area contributed by atoms with Gasteiger partial charge < -0.3 is 24.4 Å². The molecule has 1 fully saturated rings. The summed E-state index contributed by atoms with van der Waals surface area (Å²) in [7, 11) is 0. The van der Waals surface area contributed by atoms with Gasteiger partial charge >= 0.3 is 23.6 Å². The van der Waals surface area contributed by atoms with Crippen LogP contribution in [-0.2, 0) is 33.3 Å². The molecule has 0 spiro atoms. The summed E-state index contributed by atoms with van der Waals surface area (Å²) < 4.78 is 21.4. The van der Waals surface area contributed by atoms with Crippen molar-refractivity contribution in [3.8, 4) is 0 Å². The van der Waals surface area contributed by atoms with E-state index in [-0.39, 0.29) is 5.69 Å². The van der Waals surface area contributed by atoms with Gasteiger partial charge in [-0.25, -0.2) is 5.43 Å². The van der Waals surface area contributed by atoms with Crippen molar-refractivity contribution in [2.24, 2.45) is 0 Å². The van der Waals surface area contributed by atoms with E-state index in [4.69, 9.17) is 18.9 Å². The first kappa shape index (κ1) is 25.4. The van der Waals surface area contributed by atoms with E-state index >= 15 is 0 Å².